The van der Waals surface area contributed by atoms with Crippen molar-refractivity contribution in [3.8, 4) is 0 Å². The average Bonchev–Trinajstić information content (AvgIpc) is 2.63. The van der Waals surface area contributed by atoms with Gasteiger partial charge in [-0.1, -0.05) is 26.2 Å². The molecule has 1 aliphatic rings. The van der Waals surface area contributed by atoms with Gasteiger partial charge in [-0.3, -0.25) is 4.79 Å². The summed E-state index contributed by atoms with van der Waals surface area (Å²) in [5, 5.41) is 13.0. The number of amides is 1. The number of rotatable bonds is 3. The highest BCUT2D eigenvalue weighted by Crippen LogP contribution is 2.19. The van der Waals surface area contributed by atoms with E-state index in [-0.39, 0.29) is 11.9 Å². The Hall–Kier alpha value is -1.62. The summed E-state index contributed by atoms with van der Waals surface area (Å²) in [6.07, 6.45) is 5.04. The van der Waals surface area contributed by atoms with E-state index in [1.165, 1.54) is 0 Å². The van der Waals surface area contributed by atoms with Gasteiger partial charge in [-0.05, 0) is 31.4 Å². The lowest BCUT2D eigenvalue weighted by atomic mass is 10.1. The number of aliphatic hydroxyl groups excluding tert-OH is 1. The number of anilines is 1. The Morgan fingerprint density at radius 1 is 1.40 bits per heavy atom. The van der Waals surface area contributed by atoms with Gasteiger partial charge in [0.1, 0.15) is 5.82 Å². The topological polar surface area (TPSA) is 88.2 Å². The monoisotopic (exact) mass is 277 g/mol. The summed E-state index contributed by atoms with van der Waals surface area (Å²) in [5.74, 6) is 0.177. The van der Waals surface area contributed by atoms with E-state index in [0.717, 1.165) is 44.2 Å². The number of hydrogen-bond acceptors (Lipinski definition) is 4. The third kappa shape index (κ3) is 3.70. The van der Waals surface area contributed by atoms with Crippen LogP contribution in [0.25, 0.3) is 0 Å². The number of carbonyl (C=O) groups excluding carboxylic acids is 1. The van der Waals surface area contributed by atoms with Crippen molar-refractivity contribution in [1.82, 2.24) is 10.3 Å². The smallest absolute Gasteiger partial charge is 0.251 e. The summed E-state index contributed by atoms with van der Waals surface area (Å²) in [4.78, 5) is 16.4. The number of nitrogens with two attached hydrogens (primary N) is 1. The van der Waals surface area contributed by atoms with Crippen LogP contribution in [0.1, 0.15) is 55.1 Å². The second-order valence-corrected chi connectivity index (χ2v) is 5.41. The van der Waals surface area contributed by atoms with E-state index in [9.17, 15) is 9.90 Å². The fraction of sp³-hybridized carbons (Fsp3) is 0.600. The maximum atomic E-state index is 12.3. The average molecular weight is 277 g/mol. The van der Waals surface area contributed by atoms with E-state index < -0.39 is 6.10 Å². The van der Waals surface area contributed by atoms with Crippen molar-refractivity contribution in [2.24, 2.45) is 0 Å². The maximum Gasteiger partial charge on any atom is 0.251 e. The molecule has 1 amide bonds. The normalized spacial score (nSPS) is 23.1. The number of hydrogen-bond donors (Lipinski definition) is 3. The van der Waals surface area contributed by atoms with Gasteiger partial charge < -0.3 is 16.2 Å². The molecule has 5 heteroatoms. The van der Waals surface area contributed by atoms with Crippen LogP contribution in [0.3, 0.4) is 0 Å². The van der Waals surface area contributed by atoms with Crippen LogP contribution in [-0.2, 0) is 6.42 Å². The van der Waals surface area contributed by atoms with Crippen molar-refractivity contribution in [2.75, 3.05) is 5.73 Å². The molecule has 1 aliphatic carbocycles. The van der Waals surface area contributed by atoms with Crippen LogP contribution >= 0.6 is 0 Å². The minimum Gasteiger partial charge on any atom is -0.391 e. The molecule has 0 aliphatic heterocycles. The van der Waals surface area contributed by atoms with Crippen molar-refractivity contribution in [3.63, 3.8) is 0 Å². The van der Waals surface area contributed by atoms with Gasteiger partial charge in [0.25, 0.3) is 5.91 Å². The minimum absolute atomic E-state index is 0.163. The zero-order chi connectivity index (χ0) is 14.5. The van der Waals surface area contributed by atoms with E-state index in [1.807, 2.05) is 6.92 Å². The van der Waals surface area contributed by atoms with Gasteiger partial charge in [0.2, 0.25) is 0 Å². The van der Waals surface area contributed by atoms with Gasteiger partial charge in [0.15, 0.2) is 0 Å². The summed E-state index contributed by atoms with van der Waals surface area (Å²) in [6.45, 7) is 1.97. The number of pyridine rings is 1. The van der Waals surface area contributed by atoms with Gasteiger partial charge in [-0.15, -0.1) is 0 Å². The SMILES string of the molecule is CCc1cc(C(=O)NC2CCCCCC2O)cc(N)n1. The van der Waals surface area contributed by atoms with Crippen molar-refractivity contribution < 1.29 is 9.90 Å². The van der Waals surface area contributed by atoms with Crippen LogP contribution in [-0.4, -0.2) is 28.1 Å². The number of aliphatic hydroxyl groups is 1. The second-order valence-electron chi connectivity index (χ2n) is 5.41. The fourth-order valence-electron chi connectivity index (χ4n) is 2.63. The Morgan fingerprint density at radius 2 is 2.15 bits per heavy atom. The van der Waals surface area contributed by atoms with E-state index in [2.05, 4.69) is 10.3 Å². The van der Waals surface area contributed by atoms with Crippen molar-refractivity contribution in [3.05, 3.63) is 23.4 Å². The highest BCUT2D eigenvalue weighted by atomic mass is 16.3. The third-order valence-electron chi connectivity index (χ3n) is 3.82. The molecule has 1 fully saturated rings. The molecule has 0 radical (unpaired) electrons. The van der Waals surface area contributed by atoms with Gasteiger partial charge in [-0.25, -0.2) is 4.98 Å². The molecule has 0 saturated heterocycles. The molecular weight excluding hydrogens is 254 g/mol. The number of carbonyl (C=O) groups is 1. The Balaban J connectivity index is 2.09. The van der Waals surface area contributed by atoms with Crippen LogP contribution in [0.15, 0.2) is 12.1 Å². The lowest BCUT2D eigenvalue weighted by Crippen LogP contribution is -2.42. The molecule has 20 heavy (non-hydrogen) atoms. The van der Waals surface area contributed by atoms with E-state index >= 15 is 0 Å². The molecule has 110 valence electrons. The first-order valence-electron chi connectivity index (χ1n) is 7.35. The summed E-state index contributed by atoms with van der Waals surface area (Å²) in [5.41, 5.74) is 7.04. The minimum atomic E-state index is -0.453. The molecule has 2 unspecified atom stereocenters. The number of nitrogen functional groups attached to an aromatic ring is 1. The molecule has 5 nitrogen and oxygen atoms in total. The Bertz CT molecular complexity index is 476. The van der Waals surface area contributed by atoms with Crippen molar-refractivity contribution in [1.29, 1.82) is 0 Å². The van der Waals surface area contributed by atoms with Gasteiger partial charge in [0.05, 0.1) is 12.1 Å². The van der Waals surface area contributed by atoms with Gasteiger partial charge >= 0.3 is 0 Å². The fourth-order valence-corrected chi connectivity index (χ4v) is 2.63. The molecule has 0 aromatic carbocycles. The second kappa shape index (κ2) is 6.70. The molecule has 1 heterocycles. The van der Waals surface area contributed by atoms with Gasteiger partial charge in [-0.2, -0.15) is 0 Å². The first-order chi connectivity index (χ1) is 9.60. The zero-order valence-electron chi connectivity index (χ0n) is 11.9. The molecule has 2 atom stereocenters. The van der Waals surface area contributed by atoms with Crippen LogP contribution in [0, 0.1) is 0 Å². The molecular formula is C15H23N3O2. The number of nitrogens with one attached hydrogen (secondary N) is 1. The van der Waals surface area contributed by atoms with Crippen molar-refractivity contribution in [2.45, 2.75) is 57.6 Å². The van der Waals surface area contributed by atoms with Crippen LogP contribution in [0.2, 0.25) is 0 Å². The van der Waals surface area contributed by atoms with Crippen LogP contribution in [0.5, 0.6) is 0 Å². The number of aromatic nitrogens is 1. The Morgan fingerprint density at radius 3 is 2.90 bits per heavy atom. The first-order valence-corrected chi connectivity index (χ1v) is 7.35. The predicted octanol–water partition coefficient (Wildman–Crippen LogP) is 1.65. The Kier molecular flexibility index (Phi) is 4.95. The van der Waals surface area contributed by atoms with Crippen LogP contribution < -0.4 is 11.1 Å². The quantitative estimate of drug-likeness (QED) is 0.733. The van der Waals surface area contributed by atoms with Crippen LogP contribution in [0.4, 0.5) is 5.82 Å². The molecule has 1 aromatic heterocycles. The summed E-state index contributed by atoms with van der Waals surface area (Å²) in [6, 6.07) is 3.18. The lowest BCUT2D eigenvalue weighted by molar-refractivity contribution is 0.0818. The molecule has 2 rings (SSSR count). The van der Waals surface area contributed by atoms with E-state index in [0.29, 0.717) is 11.4 Å². The summed E-state index contributed by atoms with van der Waals surface area (Å²) < 4.78 is 0. The highest BCUT2D eigenvalue weighted by Gasteiger charge is 2.23. The van der Waals surface area contributed by atoms with E-state index in [4.69, 9.17) is 5.73 Å². The Labute approximate surface area is 119 Å². The van der Waals surface area contributed by atoms with Crippen molar-refractivity contribution >= 4 is 11.7 Å². The predicted molar refractivity (Wildman–Crippen MR) is 78.4 cm³/mol. The molecule has 0 spiro atoms. The zero-order valence-corrected chi connectivity index (χ0v) is 11.9. The van der Waals surface area contributed by atoms with E-state index in [1.54, 1.807) is 12.1 Å². The molecule has 4 N–H and O–H groups in total. The highest BCUT2D eigenvalue weighted by molar-refractivity contribution is 5.95. The lowest BCUT2D eigenvalue weighted by Gasteiger charge is -2.21. The standard InChI is InChI=1S/C15H23N3O2/c1-2-11-8-10(9-14(16)17-11)15(20)18-12-6-4-3-5-7-13(12)19/h8-9,12-13,19H,2-7H2,1H3,(H2,16,17)(H,18,20). The third-order valence-corrected chi connectivity index (χ3v) is 3.82. The largest absolute Gasteiger partial charge is 0.391 e. The number of aryl methyl sites for hydroxylation is 1. The summed E-state index contributed by atoms with van der Waals surface area (Å²) >= 11 is 0. The maximum absolute atomic E-state index is 12.3. The van der Waals surface area contributed by atoms with Gasteiger partial charge in [0, 0.05) is 11.3 Å². The summed E-state index contributed by atoms with van der Waals surface area (Å²) in [7, 11) is 0. The molecule has 1 saturated carbocycles. The first kappa shape index (κ1) is 14.8. The number of nitrogens with zero attached hydrogens (tertiary/aromatic N) is 1. The molecule has 1 aromatic rings. The molecule has 0 bridgehead atoms.